The molecule has 0 heterocycles. The molecule has 0 unspecified atom stereocenters. The first-order chi connectivity index (χ1) is 11.1. The van der Waals surface area contributed by atoms with Gasteiger partial charge in [0.15, 0.2) is 0 Å². The van der Waals surface area contributed by atoms with Gasteiger partial charge in [0, 0.05) is 7.05 Å². The van der Waals surface area contributed by atoms with E-state index in [0.29, 0.717) is 5.75 Å². The Hall–Kier alpha value is -2.82. The highest BCUT2D eigenvalue weighted by Gasteiger charge is 2.16. The van der Waals surface area contributed by atoms with Crippen LogP contribution in [-0.2, 0) is 4.79 Å². The second kappa shape index (κ2) is 7.98. The van der Waals surface area contributed by atoms with Crippen molar-refractivity contribution in [2.45, 2.75) is 13.0 Å². The fraction of sp³-hybridized carbons (Fsp3) is 0.222. The summed E-state index contributed by atoms with van der Waals surface area (Å²) in [4.78, 5) is 25.2. The largest absolute Gasteiger partial charge is 0.415 e. The summed E-state index contributed by atoms with van der Waals surface area (Å²) in [5.74, 6) is 0.205. The molecule has 1 N–H and O–H groups in total. The van der Waals surface area contributed by atoms with Crippen molar-refractivity contribution in [2.24, 2.45) is 0 Å². The van der Waals surface area contributed by atoms with Gasteiger partial charge in [-0.3, -0.25) is 4.79 Å². The average molecular weight is 312 g/mol. The molecule has 0 fully saturated rings. The summed E-state index contributed by atoms with van der Waals surface area (Å²) in [6, 6.07) is 18.3. The Labute approximate surface area is 135 Å². The Morgan fingerprint density at radius 2 is 1.61 bits per heavy atom. The predicted octanol–water partition coefficient (Wildman–Crippen LogP) is 2.99. The molecule has 0 spiro atoms. The van der Waals surface area contributed by atoms with Crippen LogP contribution in [0.3, 0.4) is 0 Å². The zero-order valence-electron chi connectivity index (χ0n) is 13.2. The third-order valence-electron chi connectivity index (χ3n) is 3.32. The van der Waals surface area contributed by atoms with Crippen molar-refractivity contribution in [2.75, 3.05) is 13.6 Å². The third kappa shape index (κ3) is 5.14. The van der Waals surface area contributed by atoms with Gasteiger partial charge in [-0.15, -0.1) is 0 Å². The van der Waals surface area contributed by atoms with Crippen molar-refractivity contribution in [3.63, 3.8) is 0 Å². The third-order valence-corrected chi connectivity index (χ3v) is 3.32. The van der Waals surface area contributed by atoms with E-state index in [1.807, 2.05) is 43.3 Å². The maximum atomic E-state index is 12.0. The number of nitrogens with one attached hydrogen (secondary N) is 1. The highest BCUT2D eigenvalue weighted by Crippen LogP contribution is 2.11. The maximum Gasteiger partial charge on any atom is 0.415 e. The monoisotopic (exact) mass is 312 g/mol. The van der Waals surface area contributed by atoms with Gasteiger partial charge < -0.3 is 15.0 Å². The van der Waals surface area contributed by atoms with E-state index in [-0.39, 0.29) is 18.5 Å². The number of nitrogens with zero attached hydrogens (tertiary/aromatic N) is 1. The molecule has 0 saturated carbocycles. The van der Waals surface area contributed by atoms with Gasteiger partial charge in [0.1, 0.15) is 12.3 Å². The standard InChI is InChI=1S/C18H20N2O3/c1-14(15-9-5-3-6-10-15)19-17(21)13-20(2)18(22)23-16-11-7-4-8-12-16/h3-12,14H,13H2,1-2H3,(H,19,21)/t14-/m0/s1. The number of carbonyl (C=O) groups excluding carboxylic acids is 2. The topological polar surface area (TPSA) is 58.6 Å². The Balaban J connectivity index is 1.83. The molecule has 120 valence electrons. The fourth-order valence-corrected chi connectivity index (χ4v) is 2.06. The molecule has 2 aromatic carbocycles. The van der Waals surface area contributed by atoms with E-state index in [0.717, 1.165) is 5.56 Å². The van der Waals surface area contributed by atoms with Crippen molar-refractivity contribution in [3.05, 3.63) is 66.2 Å². The van der Waals surface area contributed by atoms with Gasteiger partial charge in [-0.1, -0.05) is 48.5 Å². The van der Waals surface area contributed by atoms with E-state index < -0.39 is 6.09 Å². The molecule has 0 bridgehead atoms. The molecule has 2 aromatic rings. The summed E-state index contributed by atoms with van der Waals surface area (Å²) in [7, 11) is 1.53. The van der Waals surface area contributed by atoms with Gasteiger partial charge in [-0.2, -0.15) is 0 Å². The first kappa shape index (κ1) is 16.5. The minimum absolute atomic E-state index is 0.0666. The zero-order valence-corrected chi connectivity index (χ0v) is 13.2. The molecule has 0 aliphatic carbocycles. The van der Waals surface area contributed by atoms with Gasteiger partial charge in [0.05, 0.1) is 6.04 Å². The number of para-hydroxylation sites is 1. The molecule has 2 amide bonds. The lowest BCUT2D eigenvalue weighted by Crippen LogP contribution is -2.40. The summed E-state index contributed by atoms with van der Waals surface area (Å²) in [5, 5.41) is 2.86. The number of rotatable bonds is 5. The van der Waals surface area contributed by atoms with E-state index in [1.165, 1.54) is 11.9 Å². The number of hydrogen-bond donors (Lipinski definition) is 1. The highest BCUT2D eigenvalue weighted by molar-refractivity contribution is 5.83. The van der Waals surface area contributed by atoms with Crippen LogP contribution < -0.4 is 10.1 Å². The number of likely N-dealkylation sites (N-methyl/N-ethyl adjacent to an activating group) is 1. The Morgan fingerprint density at radius 3 is 2.22 bits per heavy atom. The van der Waals surface area contributed by atoms with Crippen LogP contribution in [0, 0.1) is 0 Å². The number of ether oxygens (including phenoxy) is 1. The number of amides is 2. The van der Waals surface area contributed by atoms with Crippen LogP contribution >= 0.6 is 0 Å². The molecule has 0 saturated heterocycles. The van der Waals surface area contributed by atoms with Crippen molar-refractivity contribution in [1.29, 1.82) is 0 Å². The summed E-state index contributed by atoms with van der Waals surface area (Å²) in [5.41, 5.74) is 1.01. The predicted molar refractivity (Wildman–Crippen MR) is 88.1 cm³/mol. The van der Waals surface area contributed by atoms with Crippen molar-refractivity contribution in [1.82, 2.24) is 10.2 Å². The van der Waals surface area contributed by atoms with Gasteiger partial charge in [0.2, 0.25) is 5.91 Å². The Morgan fingerprint density at radius 1 is 1.04 bits per heavy atom. The van der Waals surface area contributed by atoms with Crippen LogP contribution in [0.4, 0.5) is 4.79 Å². The smallest absolute Gasteiger partial charge is 0.410 e. The second-order valence-electron chi connectivity index (χ2n) is 5.24. The molecule has 0 aliphatic heterocycles. The number of benzene rings is 2. The number of hydrogen-bond acceptors (Lipinski definition) is 3. The second-order valence-corrected chi connectivity index (χ2v) is 5.24. The lowest BCUT2D eigenvalue weighted by molar-refractivity contribution is -0.122. The SMILES string of the molecule is C[C@H](NC(=O)CN(C)C(=O)Oc1ccccc1)c1ccccc1. The molecule has 2 rings (SSSR count). The van der Waals surface area contributed by atoms with Crippen LogP contribution in [0.15, 0.2) is 60.7 Å². The van der Waals surface area contributed by atoms with E-state index in [4.69, 9.17) is 4.74 Å². The van der Waals surface area contributed by atoms with Crippen LogP contribution in [0.1, 0.15) is 18.5 Å². The molecule has 23 heavy (non-hydrogen) atoms. The zero-order chi connectivity index (χ0) is 16.7. The van der Waals surface area contributed by atoms with Gasteiger partial charge in [0.25, 0.3) is 0 Å². The number of carbonyl (C=O) groups is 2. The Kier molecular flexibility index (Phi) is 5.74. The van der Waals surface area contributed by atoms with Gasteiger partial charge in [-0.25, -0.2) is 4.79 Å². The first-order valence-corrected chi connectivity index (χ1v) is 7.38. The molecular weight excluding hydrogens is 292 g/mol. The van der Waals surface area contributed by atoms with Crippen molar-refractivity contribution < 1.29 is 14.3 Å². The van der Waals surface area contributed by atoms with Crippen molar-refractivity contribution in [3.8, 4) is 5.75 Å². The van der Waals surface area contributed by atoms with Crippen LogP contribution in [0.2, 0.25) is 0 Å². The van der Waals surface area contributed by atoms with Crippen molar-refractivity contribution >= 4 is 12.0 Å². The van der Waals surface area contributed by atoms with Crippen LogP contribution in [0.25, 0.3) is 0 Å². The highest BCUT2D eigenvalue weighted by atomic mass is 16.6. The molecular formula is C18H20N2O3. The minimum atomic E-state index is -0.571. The van der Waals surface area contributed by atoms with E-state index in [9.17, 15) is 9.59 Å². The fourth-order valence-electron chi connectivity index (χ4n) is 2.06. The summed E-state index contributed by atoms with van der Waals surface area (Å²) < 4.78 is 5.17. The maximum absolute atomic E-state index is 12.0. The molecule has 1 atom stereocenters. The van der Waals surface area contributed by atoms with E-state index >= 15 is 0 Å². The summed E-state index contributed by atoms with van der Waals surface area (Å²) >= 11 is 0. The lowest BCUT2D eigenvalue weighted by Gasteiger charge is -2.19. The van der Waals surface area contributed by atoms with Crippen LogP contribution in [0.5, 0.6) is 5.75 Å². The van der Waals surface area contributed by atoms with E-state index in [2.05, 4.69) is 5.32 Å². The lowest BCUT2D eigenvalue weighted by atomic mass is 10.1. The van der Waals surface area contributed by atoms with Crippen LogP contribution in [-0.4, -0.2) is 30.5 Å². The molecule has 5 heteroatoms. The summed E-state index contributed by atoms with van der Waals surface area (Å²) in [6.45, 7) is 1.83. The minimum Gasteiger partial charge on any atom is -0.410 e. The van der Waals surface area contributed by atoms with Gasteiger partial charge >= 0.3 is 6.09 Å². The average Bonchev–Trinajstić information content (AvgIpc) is 2.56. The molecule has 0 radical (unpaired) electrons. The quantitative estimate of drug-likeness (QED) is 0.923. The first-order valence-electron chi connectivity index (χ1n) is 7.38. The van der Waals surface area contributed by atoms with Gasteiger partial charge in [-0.05, 0) is 24.6 Å². The normalized spacial score (nSPS) is 11.4. The Bertz CT molecular complexity index is 644. The molecule has 0 aliphatic rings. The summed E-state index contributed by atoms with van der Waals surface area (Å²) in [6.07, 6.45) is -0.571. The molecule has 0 aromatic heterocycles. The van der Waals surface area contributed by atoms with E-state index in [1.54, 1.807) is 24.3 Å². The molecule has 5 nitrogen and oxygen atoms in total.